The number of hydrogen-bond acceptors (Lipinski definition) is 5. The molecule has 6 nitrogen and oxygen atoms in total. The second-order valence-electron chi connectivity index (χ2n) is 10.4. The minimum absolute atomic E-state index is 0.0228. The molecule has 34 heavy (non-hydrogen) atoms. The van der Waals surface area contributed by atoms with Crippen LogP contribution in [0.2, 0.25) is 0 Å². The van der Waals surface area contributed by atoms with Crippen molar-refractivity contribution < 1.29 is 19.4 Å². The van der Waals surface area contributed by atoms with Gasteiger partial charge in [-0.3, -0.25) is 9.59 Å². The standard InChI is InChI=1S/C28H36N2O4/c1-18(2)34-22-14-10-20(11-15-22)25(31)23-24(19-8-12-21(13-9-19)28(3,4)5)30(17-16-29(6)7)27(33)26(23)32/h8-15,18,24,31H,16-17H2,1-7H3/b25-23+/t24-/m1/s1. The van der Waals surface area contributed by atoms with Crippen molar-refractivity contribution in [3.63, 3.8) is 0 Å². The molecule has 2 aromatic carbocycles. The summed E-state index contributed by atoms with van der Waals surface area (Å²) >= 11 is 0. The smallest absolute Gasteiger partial charge is 0.295 e. The number of ketones is 1. The zero-order chi connectivity index (χ0) is 25.2. The fourth-order valence-corrected chi connectivity index (χ4v) is 4.05. The van der Waals surface area contributed by atoms with Crippen molar-refractivity contribution in [2.75, 3.05) is 27.2 Å². The van der Waals surface area contributed by atoms with E-state index in [1.807, 2.05) is 57.1 Å². The van der Waals surface area contributed by atoms with Gasteiger partial charge in [-0.1, -0.05) is 45.0 Å². The van der Waals surface area contributed by atoms with E-state index < -0.39 is 17.7 Å². The van der Waals surface area contributed by atoms with Gasteiger partial charge in [-0.25, -0.2) is 0 Å². The second kappa shape index (κ2) is 10.0. The van der Waals surface area contributed by atoms with Crippen LogP contribution in [0.4, 0.5) is 0 Å². The van der Waals surface area contributed by atoms with Gasteiger partial charge in [0.05, 0.1) is 17.7 Å². The number of Topliss-reactive ketones (excluding diaryl/α,β-unsaturated/α-hetero) is 1. The van der Waals surface area contributed by atoms with Crippen molar-refractivity contribution in [2.24, 2.45) is 0 Å². The Labute approximate surface area is 202 Å². The van der Waals surface area contributed by atoms with E-state index in [-0.39, 0.29) is 22.9 Å². The lowest BCUT2D eigenvalue weighted by molar-refractivity contribution is -0.140. The molecule has 2 aromatic rings. The van der Waals surface area contributed by atoms with Crippen LogP contribution in [0, 0.1) is 0 Å². The Morgan fingerprint density at radius 2 is 1.62 bits per heavy atom. The summed E-state index contributed by atoms with van der Waals surface area (Å²) < 4.78 is 5.68. The van der Waals surface area contributed by atoms with Crippen molar-refractivity contribution in [3.05, 3.63) is 70.8 Å². The van der Waals surface area contributed by atoms with Crippen LogP contribution < -0.4 is 4.74 Å². The van der Waals surface area contributed by atoms with Crippen LogP contribution in [0.15, 0.2) is 54.1 Å². The Hall–Kier alpha value is -3.12. The van der Waals surface area contributed by atoms with Gasteiger partial charge in [0.15, 0.2) is 0 Å². The lowest BCUT2D eigenvalue weighted by atomic mass is 9.85. The van der Waals surface area contributed by atoms with Crippen molar-refractivity contribution in [1.82, 2.24) is 9.80 Å². The highest BCUT2D eigenvalue weighted by molar-refractivity contribution is 6.46. The first-order chi connectivity index (χ1) is 15.9. The third kappa shape index (κ3) is 5.50. The number of benzene rings is 2. The molecule has 0 bridgehead atoms. The van der Waals surface area contributed by atoms with Gasteiger partial charge in [0.25, 0.3) is 11.7 Å². The molecule has 0 unspecified atom stereocenters. The van der Waals surface area contributed by atoms with E-state index in [1.165, 1.54) is 0 Å². The monoisotopic (exact) mass is 464 g/mol. The summed E-state index contributed by atoms with van der Waals surface area (Å²) in [6.07, 6.45) is 0.0255. The summed E-state index contributed by atoms with van der Waals surface area (Å²) in [6.45, 7) is 11.3. The lowest BCUT2D eigenvalue weighted by Crippen LogP contribution is -2.35. The van der Waals surface area contributed by atoms with E-state index in [0.29, 0.717) is 24.4 Å². The van der Waals surface area contributed by atoms with E-state index in [1.54, 1.807) is 29.2 Å². The maximum Gasteiger partial charge on any atom is 0.295 e. The molecule has 0 aromatic heterocycles. The van der Waals surface area contributed by atoms with Gasteiger partial charge in [-0.2, -0.15) is 0 Å². The minimum Gasteiger partial charge on any atom is -0.507 e. The highest BCUT2D eigenvalue weighted by Crippen LogP contribution is 2.40. The highest BCUT2D eigenvalue weighted by Gasteiger charge is 2.45. The number of aliphatic hydroxyl groups excluding tert-OH is 1. The van der Waals surface area contributed by atoms with Crippen LogP contribution in [0.5, 0.6) is 5.75 Å². The predicted molar refractivity (Wildman–Crippen MR) is 135 cm³/mol. The van der Waals surface area contributed by atoms with Crippen LogP contribution >= 0.6 is 0 Å². The Bertz CT molecular complexity index is 1060. The van der Waals surface area contributed by atoms with Crippen LogP contribution in [0.1, 0.15) is 57.4 Å². The second-order valence-corrected chi connectivity index (χ2v) is 10.4. The maximum atomic E-state index is 13.2. The fraction of sp³-hybridized carbons (Fsp3) is 0.429. The lowest BCUT2D eigenvalue weighted by Gasteiger charge is -2.27. The molecule has 0 saturated carbocycles. The van der Waals surface area contributed by atoms with E-state index in [4.69, 9.17) is 4.74 Å². The average Bonchev–Trinajstić information content (AvgIpc) is 3.01. The molecule has 0 radical (unpaired) electrons. The van der Waals surface area contributed by atoms with Crippen molar-refractivity contribution in [2.45, 2.75) is 52.2 Å². The van der Waals surface area contributed by atoms with Gasteiger partial charge < -0.3 is 19.6 Å². The van der Waals surface area contributed by atoms with Gasteiger partial charge in [-0.05, 0) is 68.8 Å². The largest absolute Gasteiger partial charge is 0.507 e. The molecule has 0 spiro atoms. The number of nitrogens with zero attached hydrogens (tertiary/aromatic N) is 2. The molecule has 1 saturated heterocycles. The Balaban J connectivity index is 2.08. The number of amides is 1. The number of carbonyl (C=O) groups excluding carboxylic acids is 2. The molecule has 182 valence electrons. The van der Waals surface area contributed by atoms with E-state index in [9.17, 15) is 14.7 Å². The summed E-state index contributed by atoms with van der Waals surface area (Å²) in [5, 5.41) is 11.2. The topological polar surface area (TPSA) is 70.1 Å². The molecule has 1 heterocycles. The average molecular weight is 465 g/mol. The van der Waals surface area contributed by atoms with Gasteiger partial charge in [0, 0.05) is 18.7 Å². The first-order valence-electron chi connectivity index (χ1n) is 11.7. The molecule has 1 amide bonds. The molecule has 1 N–H and O–H groups in total. The molecule has 1 atom stereocenters. The summed E-state index contributed by atoms with van der Waals surface area (Å²) in [6, 6.07) is 14.2. The first-order valence-corrected chi connectivity index (χ1v) is 11.7. The van der Waals surface area contributed by atoms with Gasteiger partial charge in [0.2, 0.25) is 0 Å². The number of aliphatic hydroxyl groups is 1. The number of likely N-dealkylation sites (N-methyl/N-ethyl adjacent to an activating group) is 1. The number of hydrogen-bond donors (Lipinski definition) is 1. The van der Waals surface area contributed by atoms with Crippen molar-refractivity contribution in [1.29, 1.82) is 0 Å². The van der Waals surface area contributed by atoms with Crippen molar-refractivity contribution >= 4 is 17.4 Å². The maximum absolute atomic E-state index is 13.2. The summed E-state index contributed by atoms with van der Waals surface area (Å²) in [5.74, 6) is -0.754. The molecule has 1 aliphatic heterocycles. The SMILES string of the molecule is CC(C)Oc1ccc(/C(O)=C2\C(=O)C(=O)N(CCN(C)C)[C@@H]2c2ccc(C(C)(C)C)cc2)cc1. The molecule has 6 heteroatoms. The summed E-state index contributed by atoms with van der Waals surface area (Å²) in [5.41, 5.74) is 2.52. The minimum atomic E-state index is -0.663. The zero-order valence-electron chi connectivity index (χ0n) is 21.3. The Morgan fingerprint density at radius 3 is 2.12 bits per heavy atom. The highest BCUT2D eigenvalue weighted by atomic mass is 16.5. The fourth-order valence-electron chi connectivity index (χ4n) is 4.05. The quantitative estimate of drug-likeness (QED) is 0.364. The molecular weight excluding hydrogens is 428 g/mol. The van der Waals surface area contributed by atoms with E-state index in [0.717, 1.165) is 11.1 Å². The molecule has 0 aliphatic carbocycles. The van der Waals surface area contributed by atoms with Crippen molar-refractivity contribution in [3.8, 4) is 5.75 Å². The third-order valence-corrected chi connectivity index (χ3v) is 5.92. The van der Waals surface area contributed by atoms with Gasteiger partial charge in [-0.15, -0.1) is 0 Å². The number of rotatable bonds is 7. The van der Waals surface area contributed by atoms with E-state index >= 15 is 0 Å². The molecule has 3 rings (SSSR count). The molecule has 1 aliphatic rings. The van der Waals surface area contributed by atoms with Gasteiger partial charge in [0.1, 0.15) is 11.5 Å². The number of carbonyl (C=O) groups is 2. The zero-order valence-corrected chi connectivity index (χ0v) is 21.3. The van der Waals surface area contributed by atoms with Crippen LogP contribution in [0.3, 0.4) is 0 Å². The van der Waals surface area contributed by atoms with Crippen LogP contribution in [-0.4, -0.2) is 59.9 Å². The number of ether oxygens (including phenoxy) is 1. The normalized spacial score (nSPS) is 18.3. The van der Waals surface area contributed by atoms with E-state index in [2.05, 4.69) is 20.8 Å². The van der Waals surface area contributed by atoms with Crippen LogP contribution in [0.25, 0.3) is 5.76 Å². The third-order valence-electron chi connectivity index (χ3n) is 5.92. The molecular formula is C28H36N2O4. The van der Waals surface area contributed by atoms with Crippen LogP contribution in [-0.2, 0) is 15.0 Å². The predicted octanol–water partition coefficient (Wildman–Crippen LogP) is 4.75. The number of likely N-dealkylation sites (tertiary alicyclic amines) is 1. The summed E-state index contributed by atoms with van der Waals surface area (Å²) in [4.78, 5) is 29.7. The first kappa shape index (κ1) is 25.5. The Morgan fingerprint density at radius 1 is 1.03 bits per heavy atom. The van der Waals surface area contributed by atoms with Gasteiger partial charge >= 0.3 is 0 Å². The Kier molecular flexibility index (Phi) is 7.51. The summed E-state index contributed by atoms with van der Waals surface area (Å²) in [7, 11) is 3.84. The molecule has 1 fully saturated rings.